The Bertz CT molecular complexity index is 1160. The summed E-state index contributed by atoms with van der Waals surface area (Å²) in [5.41, 5.74) is 2.05. The second-order valence-electron chi connectivity index (χ2n) is 6.95. The van der Waals surface area contributed by atoms with Crippen molar-refractivity contribution in [2.24, 2.45) is 0 Å². The predicted molar refractivity (Wildman–Crippen MR) is 123 cm³/mol. The van der Waals surface area contributed by atoms with Gasteiger partial charge < -0.3 is 4.57 Å². The highest BCUT2D eigenvalue weighted by Gasteiger charge is 2.19. The van der Waals surface area contributed by atoms with Crippen molar-refractivity contribution in [1.82, 2.24) is 24.2 Å². The number of para-hydroxylation sites is 1. The number of hydrogen-bond donors (Lipinski definition) is 0. The molecule has 8 heteroatoms. The number of hydrogen-bond acceptors (Lipinski definition) is 5. The Morgan fingerprint density at radius 3 is 2.59 bits per heavy atom. The molecule has 1 atom stereocenters. The fourth-order valence-electron chi connectivity index (χ4n) is 3.22. The van der Waals surface area contributed by atoms with Crippen LogP contribution >= 0.6 is 35.2 Å². The van der Waals surface area contributed by atoms with E-state index in [0.717, 1.165) is 28.5 Å². The summed E-state index contributed by atoms with van der Waals surface area (Å²) in [6.45, 7) is 5.59. The summed E-state index contributed by atoms with van der Waals surface area (Å²) in [5.74, 6) is 0.857. The highest BCUT2D eigenvalue weighted by molar-refractivity contribution is 7.71. The highest BCUT2D eigenvalue weighted by atomic mass is 35.5. The van der Waals surface area contributed by atoms with Crippen LogP contribution in [0.5, 0.6) is 0 Å². The number of nitrogens with zero attached hydrogens (tertiary/aromatic N) is 5. The molecule has 0 bridgehead atoms. The van der Waals surface area contributed by atoms with Gasteiger partial charge in [-0.15, -0.1) is 11.3 Å². The molecule has 1 unspecified atom stereocenters. The predicted octanol–water partition coefficient (Wildman–Crippen LogP) is 6.01. The van der Waals surface area contributed by atoms with Gasteiger partial charge in [-0.3, -0.25) is 4.90 Å². The molecular weight excluding hydrogens is 422 g/mol. The molecule has 29 heavy (non-hydrogen) atoms. The van der Waals surface area contributed by atoms with E-state index in [2.05, 4.69) is 42.5 Å². The lowest BCUT2D eigenvalue weighted by molar-refractivity contribution is 0.194. The van der Waals surface area contributed by atoms with E-state index in [9.17, 15) is 0 Å². The first-order valence-corrected chi connectivity index (χ1v) is 11.1. The Kier molecular flexibility index (Phi) is 5.83. The van der Waals surface area contributed by atoms with Crippen molar-refractivity contribution in [3.8, 4) is 11.4 Å². The minimum absolute atomic E-state index is 0.153. The van der Waals surface area contributed by atoms with Gasteiger partial charge in [-0.25, -0.2) is 9.67 Å². The van der Waals surface area contributed by atoms with Crippen LogP contribution in [0.2, 0.25) is 5.02 Å². The van der Waals surface area contributed by atoms with Gasteiger partial charge in [0.1, 0.15) is 5.01 Å². The summed E-state index contributed by atoms with van der Waals surface area (Å²) in [6, 6.07) is 16.1. The molecule has 0 radical (unpaired) electrons. The topological polar surface area (TPSA) is 38.9 Å². The first kappa shape index (κ1) is 20.2. The highest BCUT2D eigenvalue weighted by Crippen LogP contribution is 2.29. The summed E-state index contributed by atoms with van der Waals surface area (Å²) < 4.78 is 5.85. The van der Waals surface area contributed by atoms with Crippen LogP contribution < -0.4 is 0 Å². The summed E-state index contributed by atoms with van der Waals surface area (Å²) >= 11 is 13.5. The zero-order chi connectivity index (χ0) is 20.5. The number of rotatable bonds is 6. The first-order valence-electron chi connectivity index (χ1n) is 9.47. The molecule has 150 valence electrons. The van der Waals surface area contributed by atoms with E-state index >= 15 is 0 Å². The third-order valence-electron chi connectivity index (χ3n) is 5.03. The minimum atomic E-state index is 0.153. The van der Waals surface area contributed by atoms with Crippen LogP contribution in [0.4, 0.5) is 0 Å². The Hall–Kier alpha value is -2.06. The quantitative estimate of drug-likeness (QED) is 0.342. The zero-order valence-electron chi connectivity index (χ0n) is 16.5. The Labute approximate surface area is 184 Å². The van der Waals surface area contributed by atoms with Crippen LogP contribution in [0.3, 0.4) is 0 Å². The zero-order valence-corrected chi connectivity index (χ0v) is 18.9. The van der Waals surface area contributed by atoms with Crippen LogP contribution in [0.15, 0.2) is 48.5 Å². The summed E-state index contributed by atoms with van der Waals surface area (Å²) in [5, 5.41) is 6.61. The Morgan fingerprint density at radius 2 is 1.90 bits per heavy atom. The average molecular weight is 444 g/mol. The van der Waals surface area contributed by atoms with E-state index in [1.54, 1.807) is 11.3 Å². The summed E-state index contributed by atoms with van der Waals surface area (Å²) in [6.07, 6.45) is 0. The molecule has 0 aliphatic heterocycles. The van der Waals surface area contributed by atoms with E-state index < -0.39 is 0 Å². The lowest BCUT2D eigenvalue weighted by Gasteiger charge is -2.22. The maximum absolute atomic E-state index is 6.04. The number of aromatic nitrogens is 4. The Balaban J connectivity index is 1.61. The molecule has 0 aliphatic rings. The molecule has 4 rings (SSSR count). The number of thiazole rings is 1. The van der Waals surface area contributed by atoms with Crippen molar-refractivity contribution in [2.45, 2.75) is 33.1 Å². The van der Waals surface area contributed by atoms with Crippen molar-refractivity contribution in [3.63, 3.8) is 0 Å². The van der Waals surface area contributed by atoms with Gasteiger partial charge >= 0.3 is 0 Å². The van der Waals surface area contributed by atoms with E-state index in [1.807, 2.05) is 41.1 Å². The van der Waals surface area contributed by atoms with Gasteiger partial charge in [0.15, 0.2) is 10.6 Å². The van der Waals surface area contributed by atoms with Gasteiger partial charge in [-0.1, -0.05) is 23.7 Å². The Morgan fingerprint density at radius 1 is 1.17 bits per heavy atom. The van der Waals surface area contributed by atoms with Gasteiger partial charge in [0.25, 0.3) is 0 Å². The van der Waals surface area contributed by atoms with Crippen LogP contribution in [0.1, 0.15) is 24.9 Å². The van der Waals surface area contributed by atoms with Crippen LogP contribution in [-0.4, -0.2) is 31.3 Å². The van der Waals surface area contributed by atoms with Gasteiger partial charge in [0.2, 0.25) is 0 Å². The molecule has 2 aromatic heterocycles. The second-order valence-corrected chi connectivity index (χ2v) is 8.81. The van der Waals surface area contributed by atoms with E-state index in [4.69, 9.17) is 33.9 Å². The molecule has 0 spiro atoms. The lowest BCUT2D eigenvalue weighted by atomic mass is 10.2. The fourth-order valence-corrected chi connectivity index (χ4v) is 4.75. The third kappa shape index (κ3) is 4.00. The second kappa shape index (κ2) is 8.36. The van der Waals surface area contributed by atoms with E-state index in [0.29, 0.717) is 16.5 Å². The van der Waals surface area contributed by atoms with Crippen LogP contribution in [-0.2, 0) is 13.2 Å². The molecule has 0 fully saturated rings. The smallest absolute Gasteiger partial charge is 0.199 e. The monoisotopic (exact) mass is 443 g/mol. The molecular formula is C21H22ClN5S2. The molecule has 5 nitrogen and oxygen atoms in total. The summed E-state index contributed by atoms with van der Waals surface area (Å²) in [7, 11) is 2.07. The van der Waals surface area contributed by atoms with Crippen molar-refractivity contribution in [2.75, 3.05) is 7.05 Å². The molecule has 4 aromatic rings. The van der Waals surface area contributed by atoms with Gasteiger partial charge in [0, 0.05) is 17.1 Å². The van der Waals surface area contributed by atoms with Crippen molar-refractivity contribution < 1.29 is 0 Å². The standard InChI is InChI=1S/C21H22ClN5S2/c1-4-26-19(15-9-11-16(22)12-10-15)24-27(21(26)28)13-25(3)14(2)20-23-17-7-5-6-8-18(17)29-20/h5-12,14H,4,13H2,1-3H3. The molecule has 2 aromatic carbocycles. The van der Waals surface area contributed by atoms with Crippen LogP contribution in [0.25, 0.3) is 21.6 Å². The third-order valence-corrected chi connectivity index (χ3v) is 6.92. The largest absolute Gasteiger partial charge is 0.300 e. The molecule has 0 saturated heterocycles. The van der Waals surface area contributed by atoms with Gasteiger partial charge in [0.05, 0.1) is 22.9 Å². The fraction of sp³-hybridized carbons (Fsp3) is 0.286. The SMILES string of the molecule is CCn1c(-c2ccc(Cl)cc2)nn(CN(C)C(C)c2nc3ccccc3s2)c1=S. The summed E-state index contributed by atoms with van der Waals surface area (Å²) in [4.78, 5) is 7.01. The molecule has 0 saturated carbocycles. The van der Waals surface area contributed by atoms with E-state index in [-0.39, 0.29) is 6.04 Å². The maximum Gasteiger partial charge on any atom is 0.199 e. The average Bonchev–Trinajstić information content (AvgIpc) is 3.29. The van der Waals surface area contributed by atoms with Crippen molar-refractivity contribution in [3.05, 3.63) is 63.3 Å². The number of benzene rings is 2. The van der Waals surface area contributed by atoms with Gasteiger partial charge in [-0.2, -0.15) is 5.10 Å². The van der Waals surface area contributed by atoms with Gasteiger partial charge in [-0.05, 0) is 69.5 Å². The molecule has 2 heterocycles. The first-order chi connectivity index (χ1) is 14.0. The lowest BCUT2D eigenvalue weighted by Crippen LogP contribution is -2.26. The van der Waals surface area contributed by atoms with Crippen molar-refractivity contribution in [1.29, 1.82) is 0 Å². The molecule has 0 aliphatic carbocycles. The van der Waals surface area contributed by atoms with Crippen LogP contribution in [0, 0.1) is 4.77 Å². The minimum Gasteiger partial charge on any atom is -0.300 e. The molecule has 0 amide bonds. The normalized spacial score (nSPS) is 12.7. The van der Waals surface area contributed by atoms with Crippen molar-refractivity contribution >= 4 is 45.4 Å². The number of fused-ring (bicyclic) bond motifs is 1. The number of halogens is 1. The molecule has 0 N–H and O–H groups in total. The maximum atomic E-state index is 6.04. The van der Waals surface area contributed by atoms with E-state index in [1.165, 1.54) is 4.70 Å².